The van der Waals surface area contributed by atoms with Crippen LogP contribution in [0.15, 0.2) is 6.07 Å². The molecule has 0 amide bonds. The summed E-state index contributed by atoms with van der Waals surface area (Å²) in [5, 5.41) is 0. The fourth-order valence-electron chi connectivity index (χ4n) is 3.28. The van der Waals surface area contributed by atoms with E-state index in [1.54, 1.807) is 0 Å². The van der Waals surface area contributed by atoms with Crippen LogP contribution in [0.2, 0.25) is 0 Å². The van der Waals surface area contributed by atoms with Crippen LogP contribution in [0.5, 0.6) is 0 Å². The Hall–Kier alpha value is -0.980. The molecular formula is C16H25N. The van der Waals surface area contributed by atoms with Gasteiger partial charge in [0.2, 0.25) is 0 Å². The van der Waals surface area contributed by atoms with Crippen LogP contribution in [0.4, 0.5) is 5.69 Å². The van der Waals surface area contributed by atoms with Crippen LogP contribution < -0.4 is 4.90 Å². The highest BCUT2D eigenvalue weighted by Gasteiger charge is 2.50. The monoisotopic (exact) mass is 231 g/mol. The summed E-state index contributed by atoms with van der Waals surface area (Å²) >= 11 is 0. The lowest BCUT2D eigenvalue weighted by molar-refractivity contribution is 0.321. The largest absolute Gasteiger partial charge is 0.368 e. The summed E-state index contributed by atoms with van der Waals surface area (Å²) in [7, 11) is 2.24. The number of hydrogen-bond donors (Lipinski definition) is 0. The Balaban J connectivity index is 2.86. The van der Waals surface area contributed by atoms with E-state index in [1.165, 1.54) is 27.9 Å². The molecule has 17 heavy (non-hydrogen) atoms. The summed E-state index contributed by atoms with van der Waals surface area (Å²) < 4.78 is 0. The van der Waals surface area contributed by atoms with Crippen LogP contribution in [0.1, 0.15) is 49.9 Å². The van der Waals surface area contributed by atoms with Crippen LogP contribution in [-0.2, 0) is 5.41 Å². The Kier molecular flexibility index (Phi) is 2.40. The van der Waals surface area contributed by atoms with Gasteiger partial charge in [-0.05, 0) is 56.9 Å². The number of anilines is 1. The first-order valence-corrected chi connectivity index (χ1v) is 6.47. The second-order valence-electron chi connectivity index (χ2n) is 6.60. The van der Waals surface area contributed by atoms with E-state index in [9.17, 15) is 0 Å². The quantitative estimate of drug-likeness (QED) is 0.649. The van der Waals surface area contributed by atoms with Gasteiger partial charge in [-0.25, -0.2) is 0 Å². The highest BCUT2D eigenvalue weighted by molar-refractivity contribution is 5.73. The standard InChI is InChI=1S/C16H25N/c1-10-9-11(2)13-14(12(10)3)17(8)16(6,7)15(13,4)5/h9H,1-8H3. The second kappa shape index (κ2) is 3.28. The van der Waals surface area contributed by atoms with Crippen LogP contribution >= 0.6 is 0 Å². The predicted molar refractivity (Wildman–Crippen MR) is 76.2 cm³/mol. The lowest BCUT2D eigenvalue weighted by Gasteiger charge is -2.41. The molecule has 2 rings (SSSR count). The summed E-state index contributed by atoms with van der Waals surface area (Å²) in [5.41, 5.74) is 7.63. The lowest BCUT2D eigenvalue weighted by Crippen LogP contribution is -2.49. The van der Waals surface area contributed by atoms with Gasteiger partial charge in [0, 0.05) is 23.7 Å². The molecule has 0 fully saturated rings. The Labute approximate surface area is 106 Å². The molecule has 0 N–H and O–H groups in total. The predicted octanol–water partition coefficient (Wildman–Crippen LogP) is 4.12. The lowest BCUT2D eigenvalue weighted by atomic mass is 9.71. The molecule has 0 saturated heterocycles. The van der Waals surface area contributed by atoms with E-state index in [1.807, 2.05) is 0 Å². The first-order chi connectivity index (χ1) is 7.62. The number of fused-ring (bicyclic) bond motifs is 1. The van der Waals surface area contributed by atoms with E-state index >= 15 is 0 Å². The molecule has 0 aliphatic carbocycles. The van der Waals surface area contributed by atoms with Gasteiger partial charge in [-0.3, -0.25) is 0 Å². The number of likely N-dealkylation sites (N-methyl/N-ethyl adjacent to an activating group) is 1. The van der Waals surface area contributed by atoms with Gasteiger partial charge in [-0.15, -0.1) is 0 Å². The van der Waals surface area contributed by atoms with Crippen molar-refractivity contribution in [3.63, 3.8) is 0 Å². The van der Waals surface area contributed by atoms with Gasteiger partial charge in [0.05, 0.1) is 0 Å². The maximum absolute atomic E-state index is 2.47. The Bertz CT molecular complexity index is 481. The molecule has 1 nitrogen and oxygen atoms in total. The van der Waals surface area contributed by atoms with Gasteiger partial charge in [-0.1, -0.05) is 19.9 Å². The van der Waals surface area contributed by atoms with Crippen LogP contribution in [-0.4, -0.2) is 12.6 Å². The molecule has 1 aromatic carbocycles. The highest BCUT2D eigenvalue weighted by Crippen LogP contribution is 2.53. The number of rotatable bonds is 0. The second-order valence-corrected chi connectivity index (χ2v) is 6.60. The maximum atomic E-state index is 2.47. The molecule has 0 atom stereocenters. The van der Waals surface area contributed by atoms with Crippen molar-refractivity contribution in [2.75, 3.05) is 11.9 Å². The topological polar surface area (TPSA) is 3.24 Å². The third-order valence-corrected chi connectivity index (χ3v) is 5.34. The maximum Gasteiger partial charge on any atom is 0.0442 e. The average molecular weight is 231 g/mol. The fraction of sp³-hybridized carbons (Fsp3) is 0.625. The van der Waals surface area contributed by atoms with Crippen molar-refractivity contribution in [2.45, 2.75) is 59.4 Å². The van der Waals surface area contributed by atoms with Crippen molar-refractivity contribution in [3.05, 3.63) is 28.3 Å². The SMILES string of the molecule is Cc1cc(C)c2c(c1C)N(C)C(C)(C)C2(C)C. The van der Waals surface area contributed by atoms with Gasteiger partial charge >= 0.3 is 0 Å². The van der Waals surface area contributed by atoms with Crippen molar-refractivity contribution in [3.8, 4) is 0 Å². The zero-order valence-corrected chi connectivity index (χ0v) is 12.5. The molecule has 0 aromatic heterocycles. The van der Waals surface area contributed by atoms with Crippen molar-refractivity contribution in [2.24, 2.45) is 0 Å². The number of nitrogens with zero attached hydrogens (tertiary/aromatic N) is 1. The zero-order valence-electron chi connectivity index (χ0n) is 12.5. The molecule has 1 heteroatoms. The fourth-order valence-corrected chi connectivity index (χ4v) is 3.28. The Morgan fingerprint density at radius 3 is 2.00 bits per heavy atom. The van der Waals surface area contributed by atoms with E-state index in [-0.39, 0.29) is 11.0 Å². The first kappa shape index (κ1) is 12.5. The van der Waals surface area contributed by atoms with E-state index in [0.717, 1.165) is 0 Å². The Morgan fingerprint density at radius 2 is 1.47 bits per heavy atom. The molecule has 1 aliphatic rings. The van der Waals surface area contributed by atoms with Crippen molar-refractivity contribution in [1.29, 1.82) is 0 Å². The van der Waals surface area contributed by atoms with Gasteiger partial charge in [0.1, 0.15) is 0 Å². The molecule has 0 bridgehead atoms. The van der Waals surface area contributed by atoms with Crippen molar-refractivity contribution >= 4 is 5.69 Å². The molecule has 0 unspecified atom stereocenters. The number of hydrogen-bond acceptors (Lipinski definition) is 1. The minimum Gasteiger partial charge on any atom is -0.368 e. The van der Waals surface area contributed by atoms with Gasteiger partial charge in [0.25, 0.3) is 0 Å². The van der Waals surface area contributed by atoms with Crippen LogP contribution in [0, 0.1) is 20.8 Å². The van der Waals surface area contributed by atoms with Crippen molar-refractivity contribution in [1.82, 2.24) is 0 Å². The third-order valence-electron chi connectivity index (χ3n) is 5.34. The number of aryl methyl sites for hydroxylation is 2. The molecule has 94 valence electrons. The van der Waals surface area contributed by atoms with E-state index in [4.69, 9.17) is 0 Å². The summed E-state index contributed by atoms with van der Waals surface area (Å²) in [5.74, 6) is 0. The highest BCUT2D eigenvalue weighted by atomic mass is 15.2. The minimum absolute atomic E-state index is 0.165. The third kappa shape index (κ3) is 1.31. The summed E-state index contributed by atoms with van der Waals surface area (Å²) in [6, 6.07) is 2.34. The normalized spacial score (nSPS) is 20.6. The molecule has 1 aromatic rings. The molecule has 1 aliphatic heterocycles. The molecule has 0 radical (unpaired) electrons. The molecule has 1 heterocycles. The average Bonchev–Trinajstić information content (AvgIpc) is 2.33. The summed E-state index contributed by atoms with van der Waals surface area (Å²) in [6.45, 7) is 16.2. The van der Waals surface area contributed by atoms with Gasteiger partial charge < -0.3 is 4.90 Å². The molecular weight excluding hydrogens is 206 g/mol. The summed E-state index contributed by atoms with van der Waals surface area (Å²) in [6.07, 6.45) is 0. The molecule has 0 spiro atoms. The smallest absolute Gasteiger partial charge is 0.0442 e. The zero-order chi connectivity index (χ0) is 13.2. The van der Waals surface area contributed by atoms with E-state index in [2.05, 4.69) is 66.5 Å². The van der Waals surface area contributed by atoms with Crippen LogP contribution in [0.25, 0.3) is 0 Å². The first-order valence-electron chi connectivity index (χ1n) is 6.47. The summed E-state index contributed by atoms with van der Waals surface area (Å²) in [4.78, 5) is 2.47. The van der Waals surface area contributed by atoms with E-state index in [0.29, 0.717) is 0 Å². The van der Waals surface area contributed by atoms with Crippen molar-refractivity contribution < 1.29 is 0 Å². The molecule has 0 saturated carbocycles. The minimum atomic E-state index is 0.165. The van der Waals surface area contributed by atoms with Gasteiger partial charge in [0.15, 0.2) is 0 Å². The Morgan fingerprint density at radius 1 is 0.941 bits per heavy atom. The number of benzene rings is 1. The van der Waals surface area contributed by atoms with Gasteiger partial charge in [-0.2, -0.15) is 0 Å². The van der Waals surface area contributed by atoms with Crippen LogP contribution in [0.3, 0.4) is 0 Å². The van der Waals surface area contributed by atoms with E-state index < -0.39 is 0 Å².